The van der Waals surface area contributed by atoms with Gasteiger partial charge in [0.2, 0.25) is 0 Å². The summed E-state index contributed by atoms with van der Waals surface area (Å²) in [5.74, 6) is -0.572. The van der Waals surface area contributed by atoms with E-state index in [0.29, 0.717) is 12.2 Å². The van der Waals surface area contributed by atoms with Crippen LogP contribution in [0.2, 0.25) is 0 Å². The Morgan fingerprint density at radius 1 is 1.60 bits per heavy atom. The van der Waals surface area contributed by atoms with E-state index in [-0.39, 0.29) is 0 Å². The number of hydrogen-bond acceptors (Lipinski definition) is 2. The van der Waals surface area contributed by atoms with Crippen molar-refractivity contribution in [2.24, 2.45) is 5.73 Å². The van der Waals surface area contributed by atoms with Crippen LogP contribution >= 0.6 is 0 Å². The summed E-state index contributed by atoms with van der Waals surface area (Å²) in [6.45, 7) is 3.56. The lowest BCUT2D eigenvalue weighted by Crippen LogP contribution is -2.33. The van der Waals surface area contributed by atoms with Crippen molar-refractivity contribution in [2.45, 2.75) is 26.4 Å². The van der Waals surface area contributed by atoms with E-state index in [9.17, 15) is 9.18 Å². The molecule has 4 heteroatoms. The van der Waals surface area contributed by atoms with E-state index in [2.05, 4.69) is 0 Å². The first-order valence-corrected chi connectivity index (χ1v) is 4.76. The molecule has 82 valence electrons. The SMILES string of the molecule is CCC(Oc1cc(F)ccc1C)C(N)=O. The number of aryl methyl sites for hydroxylation is 1. The van der Waals surface area contributed by atoms with Crippen LogP contribution in [0.1, 0.15) is 18.9 Å². The van der Waals surface area contributed by atoms with Crippen molar-refractivity contribution in [1.29, 1.82) is 0 Å². The molecule has 0 aliphatic rings. The highest BCUT2D eigenvalue weighted by atomic mass is 19.1. The summed E-state index contributed by atoms with van der Waals surface area (Å²) in [6, 6.07) is 4.19. The fraction of sp³-hybridized carbons (Fsp3) is 0.364. The van der Waals surface area contributed by atoms with Crippen LogP contribution < -0.4 is 10.5 Å². The van der Waals surface area contributed by atoms with Gasteiger partial charge in [-0.15, -0.1) is 0 Å². The molecule has 1 atom stereocenters. The Bertz CT molecular complexity index is 366. The molecule has 15 heavy (non-hydrogen) atoms. The van der Waals surface area contributed by atoms with Crippen molar-refractivity contribution in [3.05, 3.63) is 29.6 Å². The first kappa shape index (κ1) is 11.5. The van der Waals surface area contributed by atoms with E-state index in [1.54, 1.807) is 19.9 Å². The Balaban J connectivity index is 2.87. The van der Waals surface area contributed by atoms with Crippen LogP contribution in [-0.4, -0.2) is 12.0 Å². The second kappa shape index (κ2) is 4.77. The van der Waals surface area contributed by atoms with Crippen LogP contribution in [0.5, 0.6) is 5.75 Å². The van der Waals surface area contributed by atoms with Crippen molar-refractivity contribution in [2.75, 3.05) is 0 Å². The zero-order valence-electron chi connectivity index (χ0n) is 8.79. The molecule has 0 saturated heterocycles. The maximum atomic E-state index is 12.9. The summed E-state index contributed by atoms with van der Waals surface area (Å²) in [5.41, 5.74) is 5.90. The van der Waals surface area contributed by atoms with Crippen molar-refractivity contribution in [3.63, 3.8) is 0 Å². The lowest BCUT2D eigenvalue weighted by molar-refractivity contribution is -0.124. The lowest BCUT2D eigenvalue weighted by Gasteiger charge is -2.15. The van der Waals surface area contributed by atoms with Crippen molar-refractivity contribution < 1.29 is 13.9 Å². The molecule has 0 aliphatic carbocycles. The van der Waals surface area contributed by atoms with Gasteiger partial charge in [-0.1, -0.05) is 13.0 Å². The number of carbonyl (C=O) groups excluding carboxylic acids is 1. The number of carbonyl (C=O) groups is 1. The predicted octanol–water partition coefficient (Wildman–Crippen LogP) is 1.78. The van der Waals surface area contributed by atoms with E-state index in [1.807, 2.05) is 0 Å². The zero-order valence-corrected chi connectivity index (χ0v) is 8.79. The summed E-state index contributed by atoms with van der Waals surface area (Å²) >= 11 is 0. The Kier molecular flexibility index (Phi) is 3.66. The molecule has 0 saturated carbocycles. The minimum Gasteiger partial charge on any atom is -0.480 e. The summed E-state index contributed by atoms with van der Waals surface area (Å²) in [6.07, 6.45) is -0.240. The molecule has 0 aliphatic heterocycles. The molecule has 0 bridgehead atoms. The molecule has 0 fully saturated rings. The Morgan fingerprint density at radius 2 is 2.27 bits per heavy atom. The minimum absolute atomic E-state index is 0.362. The first-order valence-electron chi connectivity index (χ1n) is 4.76. The second-order valence-electron chi connectivity index (χ2n) is 3.33. The summed E-state index contributed by atoms with van der Waals surface area (Å²) < 4.78 is 18.2. The van der Waals surface area contributed by atoms with Gasteiger partial charge in [0.15, 0.2) is 6.10 Å². The largest absolute Gasteiger partial charge is 0.480 e. The van der Waals surface area contributed by atoms with E-state index in [1.165, 1.54) is 12.1 Å². The van der Waals surface area contributed by atoms with Gasteiger partial charge in [0.05, 0.1) is 0 Å². The molecule has 1 unspecified atom stereocenters. The summed E-state index contributed by atoms with van der Waals surface area (Å²) in [7, 11) is 0. The van der Waals surface area contributed by atoms with Gasteiger partial charge < -0.3 is 10.5 Å². The van der Waals surface area contributed by atoms with E-state index >= 15 is 0 Å². The summed E-state index contributed by atoms with van der Waals surface area (Å²) in [5, 5.41) is 0. The highest BCUT2D eigenvalue weighted by Crippen LogP contribution is 2.20. The van der Waals surface area contributed by atoms with Gasteiger partial charge in [0.1, 0.15) is 11.6 Å². The molecule has 0 radical (unpaired) electrons. The van der Waals surface area contributed by atoms with Crippen LogP contribution in [0.3, 0.4) is 0 Å². The first-order chi connectivity index (χ1) is 7.04. The fourth-order valence-electron chi connectivity index (χ4n) is 1.20. The van der Waals surface area contributed by atoms with Gasteiger partial charge in [-0.3, -0.25) is 4.79 Å². The van der Waals surface area contributed by atoms with Gasteiger partial charge in [0, 0.05) is 6.07 Å². The molecule has 1 amide bonds. The monoisotopic (exact) mass is 211 g/mol. The van der Waals surface area contributed by atoms with Gasteiger partial charge in [-0.2, -0.15) is 0 Å². The second-order valence-corrected chi connectivity index (χ2v) is 3.33. The molecule has 1 rings (SSSR count). The molecule has 2 N–H and O–H groups in total. The van der Waals surface area contributed by atoms with Gasteiger partial charge in [-0.05, 0) is 25.0 Å². The summed E-state index contributed by atoms with van der Waals surface area (Å²) in [4.78, 5) is 10.9. The van der Waals surface area contributed by atoms with E-state index < -0.39 is 17.8 Å². The average Bonchev–Trinajstić information content (AvgIpc) is 2.18. The maximum absolute atomic E-state index is 12.9. The number of ether oxygens (including phenoxy) is 1. The normalized spacial score (nSPS) is 12.2. The fourth-order valence-corrected chi connectivity index (χ4v) is 1.20. The molecule has 0 aromatic heterocycles. The topological polar surface area (TPSA) is 52.3 Å². The standard InChI is InChI=1S/C11H14FNO2/c1-3-9(11(13)14)15-10-6-8(12)5-4-7(10)2/h4-6,9H,3H2,1-2H3,(H2,13,14). The number of nitrogens with two attached hydrogens (primary N) is 1. The van der Waals surface area contributed by atoms with Gasteiger partial charge in [0.25, 0.3) is 5.91 Å². The number of primary amides is 1. The quantitative estimate of drug-likeness (QED) is 0.825. The van der Waals surface area contributed by atoms with Crippen molar-refractivity contribution in [3.8, 4) is 5.75 Å². The molecule has 1 aromatic carbocycles. The number of hydrogen-bond donors (Lipinski definition) is 1. The third-order valence-electron chi connectivity index (χ3n) is 2.11. The third-order valence-corrected chi connectivity index (χ3v) is 2.11. The Labute approximate surface area is 88.0 Å². The van der Waals surface area contributed by atoms with Crippen LogP contribution in [0.25, 0.3) is 0 Å². The highest BCUT2D eigenvalue weighted by Gasteiger charge is 2.15. The minimum atomic E-state index is -0.703. The molecule has 3 nitrogen and oxygen atoms in total. The van der Waals surface area contributed by atoms with Crippen LogP contribution in [0.15, 0.2) is 18.2 Å². The van der Waals surface area contributed by atoms with Gasteiger partial charge in [-0.25, -0.2) is 4.39 Å². The number of rotatable bonds is 4. The third kappa shape index (κ3) is 2.94. The number of halogens is 1. The van der Waals surface area contributed by atoms with Crippen molar-refractivity contribution in [1.82, 2.24) is 0 Å². The highest BCUT2D eigenvalue weighted by molar-refractivity contribution is 5.79. The zero-order chi connectivity index (χ0) is 11.4. The smallest absolute Gasteiger partial charge is 0.258 e. The number of amides is 1. The van der Waals surface area contributed by atoms with Crippen LogP contribution in [0, 0.1) is 12.7 Å². The van der Waals surface area contributed by atoms with Crippen LogP contribution in [-0.2, 0) is 4.79 Å². The van der Waals surface area contributed by atoms with Gasteiger partial charge >= 0.3 is 0 Å². The maximum Gasteiger partial charge on any atom is 0.258 e. The van der Waals surface area contributed by atoms with Crippen LogP contribution in [0.4, 0.5) is 4.39 Å². The average molecular weight is 211 g/mol. The molecule has 0 heterocycles. The lowest BCUT2D eigenvalue weighted by atomic mass is 10.2. The molecule has 0 spiro atoms. The van der Waals surface area contributed by atoms with Crippen molar-refractivity contribution >= 4 is 5.91 Å². The Morgan fingerprint density at radius 3 is 2.80 bits per heavy atom. The predicted molar refractivity (Wildman–Crippen MR) is 55.0 cm³/mol. The van der Waals surface area contributed by atoms with E-state index in [4.69, 9.17) is 10.5 Å². The molecular weight excluding hydrogens is 197 g/mol. The Hall–Kier alpha value is -1.58. The van der Waals surface area contributed by atoms with E-state index in [0.717, 1.165) is 5.56 Å². The molecular formula is C11H14FNO2. The number of benzene rings is 1. The molecule has 1 aromatic rings.